The van der Waals surface area contributed by atoms with Crippen LogP contribution in [-0.4, -0.2) is 23.1 Å². The first-order valence-corrected chi connectivity index (χ1v) is 5.72. The zero-order valence-electron chi connectivity index (χ0n) is 10.4. The monoisotopic (exact) mass is 238 g/mol. The molecular formula is C12H18N2O3. The molecule has 0 aliphatic rings. The highest BCUT2D eigenvalue weighted by Crippen LogP contribution is 2.17. The van der Waals surface area contributed by atoms with Crippen LogP contribution in [0, 0.1) is 0 Å². The molecule has 1 aromatic rings. The number of anilines is 1. The van der Waals surface area contributed by atoms with E-state index in [0.29, 0.717) is 24.4 Å². The first kappa shape index (κ1) is 13.3. The second-order valence-electron chi connectivity index (χ2n) is 3.71. The summed E-state index contributed by atoms with van der Waals surface area (Å²) in [6.07, 6.45) is 2.93. The number of rotatable bonds is 5. The van der Waals surface area contributed by atoms with E-state index in [1.807, 2.05) is 6.92 Å². The number of carbonyl (C=O) groups excluding carboxylic acids is 2. The van der Waals surface area contributed by atoms with Crippen molar-refractivity contribution in [2.24, 2.45) is 7.05 Å². The minimum absolute atomic E-state index is 0.0933. The van der Waals surface area contributed by atoms with Crippen LogP contribution in [0.25, 0.3) is 0 Å². The van der Waals surface area contributed by atoms with Crippen molar-refractivity contribution in [3.8, 4) is 0 Å². The van der Waals surface area contributed by atoms with Gasteiger partial charge in [0.2, 0.25) is 5.91 Å². The molecule has 1 amide bonds. The molecule has 5 nitrogen and oxygen atoms in total. The maximum absolute atomic E-state index is 11.7. The van der Waals surface area contributed by atoms with Crippen LogP contribution < -0.4 is 5.32 Å². The molecule has 1 aromatic heterocycles. The van der Waals surface area contributed by atoms with Crippen molar-refractivity contribution in [2.45, 2.75) is 26.7 Å². The van der Waals surface area contributed by atoms with Gasteiger partial charge in [-0.2, -0.15) is 0 Å². The summed E-state index contributed by atoms with van der Waals surface area (Å²) in [7, 11) is 1.74. The van der Waals surface area contributed by atoms with Gasteiger partial charge >= 0.3 is 5.97 Å². The first-order valence-electron chi connectivity index (χ1n) is 5.72. The second-order valence-corrected chi connectivity index (χ2v) is 3.71. The number of nitrogens with zero attached hydrogens (tertiary/aromatic N) is 1. The Morgan fingerprint density at radius 1 is 1.41 bits per heavy atom. The van der Waals surface area contributed by atoms with E-state index in [4.69, 9.17) is 4.74 Å². The summed E-state index contributed by atoms with van der Waals surface area (Å²) in [4.78, 5) is 23.2. The van der Waals surface area contributed by atoms with Crippen molar-refractivity contribution in [3.63, 3.8) is 0 Å². The largest absolute Gasteiger partial charge is 0.461 e. The van der Waals surface area contributed by atoms with Gasteiger partial charge in [-0.25, -0.2) is 4.79 Å². The van der Waals surface area contributed by atoms with Crippen LogP contribution in [0.5, 0.6) is 0 Å². The van der Waals surface area contributed by atoms with Gasteiger partial charge in [-0.05, 0) is 19.4 Å². The number of ether oxygens (including phenoxy) is 1. The molecule has 0 atom stereocenters. The number of amides is 1. The SMILES string of the molecule is CCCC(=O)Nc1ccn(C)c1C(=O)OCC. The minimum atomic E-state index is -0.424. The van der Waals surface area contributed by atoms with Crippen LogP contribution in [0.2, 0.25) is 0 Å². The molecular weight excluding hydrogens is 220 g/mol. The van der Waals surface area contributed by atoms with Crippen molar-refractivity contribution < 1.29 is 14.3 Å². The lowest BCUT2D eigenvalue weighted by molar-refractivity contribution is -0.116. The topological polar surface area (TPSA) is 60.3 Å². The Morgan fingerprint density at radius 2 is 2.12 bits per heavy atom. The molecule has 0 fully saturated rings. The Balaban J connectivity index is 2.86. The highest BCUT2D eigenvalue weighted by atomic mass is 16.5. The number of hydrogen-bond acceptors (Lipinski definition) is 3. The molecule has 94 valence electrons. The fraction of sp³-hybridized carbons (Fsp3) is 0.500. The third kappa shape index (κ3) is 3.34. The number of esters is 1. The fourth-order valence-corrected chi connectivity index (χ4v) is 1.52. The van der Waals surface area contributed by atoms with Gasteiger partial charge in [-0.3, -0.25) is 4.79 Å². The molecule has 0 saturated heterocycles. The highest BCUT2D eigenvalue weighted by Gasteiger charge is 2.17. The zero-order valence-corrected chi connectivity index (χ0v) is 10.4. The standard InChI is InChI=1S/C12H18N2O3/c1-4-6-10(15)13-9-7-8-14(3)11(9)12(16)17-5-2/h7-8H,4-6H2,1-3H3,(H,13,15). The normalized spacial score (nSPS) is 10.1. The average Bonchev–Trinajstić information content (AvgIpc) is 2.60. The molecule has 0 aliphatic heterocycles. The summed E-state index contributed by atoms with van der Waals surface area (Å²) in [6, 6.07) is 1.69. The molecule has 0 unspecified atom stereocenters. The number of hydrogen-bond donors (Lipinski definition) is 1. The van der Waals surface area contributed by atoms with E-state index >= 15 is 0 Å². The highest BCUT2D eigenvalue weighted by molar-refractivity contribution is 6.00. The van der Waals surface area contributed by atoms with Gasteiger partial charge in [0.25, 0.3) is 0 Å². The van der Waals surface area contributed by atoms with Crippen molar-refractivity contribution >= 4 is 17.6 Å². The Bertz CT molecular complexity index is 410. The quantitative estimate of drug-likeness (QED) is 0.797. The molecule has 1 rings (SSSR count). The van der Waals surface area contributed by atoms with Crippen LogP contribution in [0.15, 0.2) is 12.3 Å². The van der Waals surface area contributed by atoms with Gasteiger partial charge in [0.15, 0.2) is 5.69 Å². The average molecular weight is 238 g/mol. The summed E-state index contributed by atoms with van der Waals surface area (Å²) in [6.45, 7) is 3.99. The molecule has 0 radical (unpaired) electrons. The van der Waals surface area contributed by atoms with Crippen LogP contribution in [0.4, 0.5) is 5.69 Å². The number of carbonyl (C=O) groups is 2. The lowest BCUT2D eigenvalue weighted by Crippen LogP contribution is -2.16. The third-order valence-electron chi connectivity index (χ3n) is 2.29. The van der Waals surface area contributed by atoms with Crippen LogP contribution in [0.3, 0.4) is 0 Å². The number of nitrogens with one attached hydrogen (secondary N) is 1. The molecule has 0 aromatic carbocycles. The Labute approximate surface area is 101 Å². The predicted molar refractivity (Wildman–Crippen MR) is 64.9 cm³/mol. The molecule has 0 bridgehead atoms. The van der Waals surface area contributed by atoms with Crippen molar-refractivity contribution in [2.75, 3.05) is 11.9 Å². The van der Waals surface area contributed by atoms with Gasteiger partial charge in [0.1, 0.15) is 0 Å². The molecule has 1 heterocycles. The minimum Gasteiger partial charge on any atom is -0.461 e. The summed E-state index contributed by atoms with van der Waals surface area (Å²) in [5, 5.41) is 2.71. The maximum Gasteiger partial charge on any atom is 0.357 e. The van der Waals surface area contributed by atoms with E-state index in [-0.39, 0.29) is 5.91 Å². The second kappa shape index (κ2) is 6.08. The Morgan fingerprint density at radius 3 is 2.71 bits per heavy atom. The van der Waals surface area contributed by atoms with E-state index in [2.05, 4.69) is 5.32 Å². The summed E-state index contributed by atoms with van der Waals surface area (Å²) in [5.41, 5.74) is 0.876. The Kier molecular flexibility index (Phi) is 4.75. The van der Waals surface area contributed by atoms with Crippen molar-refractivity contribution in [3.05, 3.63) is 18.0 Å². The maximum atomic E-state index is 11.7. The molecule has 5 heteroatoms. The summed E-state index contributed by atoms with van der Waals surface area (Å²) < 4.78 is 6.58. The molecule has 1 N–H and O–H groups in total. The van der Waals surface area contributed by atoms with Gasteiger partial charge in [-0.15, -0.1) is 0 Å². The van der Waals surface area contributed by atoms with Crippen LogP contribution in [-0.2, 0) is 16.6 Å². The predicted octanol–water partition coefficient (Wildman–Crippen LogP) is 1.94. The van der Waals surface area contributed by atoms with Crippen molar-refractivity contribution in [1.29, 1.82) is 0 Å². The van der Waals surface area contributed by atoms with Crippen LogP contribution in [0.1, 0.15) is 37.2 Å². The van der Waals surface area contributed by atoms with Gasteiger partial charge < -0.3 is 14.6 Å². The lowest BCUT2D eigenvalue weighted by atomic mass is 10.3. The number of aromatic nitrogens is 1. The van der Waals surface area contributed by atoms with E-state index in [0.717, 1.165) is 6.42 Å². The molecule has 0 aliphatic carbocycles. The van der Waals surface area contributed by atoms with E-state index in [9.17, 15) is 9.59 Å². The first-order chi connectivity index (χ1) is 8.10. The van der Waals surface area contributed by atoms with Gasteiger partial charge in [-0.1, -0.05) is 6.92 Å². The van der Waals surface area contributed by atoms with Crippen molar-refractivity contribution in [1.82, 2.24) is 4.57 Å². The smallest absolute Gasteiger partial charge is 0.357 e. The molecule has 0 saturated carbocycles. The Hall–Kier alpha value is -1.78. The fourth-order valence-electron chi connectivity index (χ4n) is 1.52. The van der Waals surface area contributed by atoms with Gasteiger partial charge in [0.05, 0.1) is 12.3 Å². The summed E-state index contributed by atoms with van der Waals surface area (Å²) >= 11 is 0. The van der Waals surface area contributed by atoms with E-state index in [1.165, 1.54) is 0 Å². The van der Waals surface area contributed by atoms with E-state index < -0.39 is 5.97 Å². The lowest BCUT2D eigenvalue weighted by Gasteiger charge is -2.07. The van der Waals surface area contributed by atoms with E-state index in [1.54, 1.807) is 30.8 Å². The van der Waals surface area contributed by atoms with Gasteiger partial charge in [0, 0.05) is 19.7 Å². The summed E-state index contributed by atoms with van der Waals surface area (Å²) in [5.74, 6) is -0.518. The zero-order chi connectivity index (χ0) is 12.8. The third-order valence-corrected chi connectivity index (χ3v) is 2.29. The molecule has 17 heavy (non-hydrogen) atoms. The van der Waals surface area contributed by atoms with Crippen LogP contribution >= 0.6 is 0 Å². The molecule has 0 spiro atoms. The number of aryl methyl sites for hydroxylation is 1.